The number of carbonyl (C=O) groups excluding carboxylic acids is 1. The molecule has 5 rings (SSSR count). The zero-order valence-corrected chi connectivity index (χ0v) is 16.7. The van der Waals surface area contributed by atoms with E-state index in [0.717, 1.165) is 31.4 Å². The summed E-state index contributed by atoms with van der Waals surface area (Å²) < 4.78 is 21.7. The number of fused-ring (bicyclic) bond motifs is 1. The van der Waals surface area contributed by atoms with Crippen LogP contribution in [-0.2, 0) is 4.74 Å². The van der Waals surface area contributed by atoms with Crippen LogP contribution in [0.1, 0.15) is 35.8 Å². The van der Waals surface area contributed by atoms with E-state index >= 15 is 0 Å². The summed E-state index contributed by atoms with van der Waals surface area (Å²) >= 11 is 0. The first kappa shape index (κ1) is 19.3. The van der Waals surface area contributed by atoms with Gasteiger partial charge in [0.2, 0.25) is 0 Å². The van der Waals surface area contributed by atoms with Gasteiger partial charge in [0.1, 0.15) is 29.6 Å². The van der Waals surface area contributed by atoms with Crippen LogP contribution in [0.2, 0.25) is 0 Å². The van der Waals surface area contributed by atoms with Crippen molar-refractivity contribution in [1.29, 1.82) is 0 Å². The molecule has 0 spiro atoms. The van der Waals surface area contributed by atoms with E-state index in [0.29, 0.717) is 22.5 Å². The summed E-state index contributed by atoms with van der Waals surface area (Å²) in [5.41, 5.74) is 3.32. The minimum Gasteiger partial charge on any atom is -0.358 e. The number of nitrogens with zero attached hydrogens (tertiary/aromatic N) is 4. The zero-order valence-electron chi connectivity index (χ0n) is 16.7. The van der Waals surface area contributed by atoms with Crippen molar-refractivity contribution in [2.75, 3.05) is 11.9 Å². The molecule has 1 amide bonds. The van der Waals surface area contributed by atoms with E-state index in [9.17, 15) is 9.18 Å². The standard InChI is InChI=1S/C23H20FN5O2/c24-18-9-2-1-8-17(18)23(30)28-16-7-5-6-15(12-16)20-21-22(26-13-25-20)29(14-27-21)19-10-3-4-11-31-19/h1-2,5-9,12-14,19H,3-4,10-11H2,(H,28,30). The lowest BCUT2D eigenvalue weighted by Gasteiger charge is -2.23. The lowest BCUT2D eigenvalue weighted by atomic mass is 10.1. The Balaban J connectivity index is 1.46. The third kappa shape index (κ3) is 3.77. The monoisotopic (exact) mass is 417 g/mol. The number of aromatic nitrogens is 4. The number of halogens is 1. The third-order valence-corrected chi connectivity index (χ3v) is 5.34. The zero-order chi connectivity index (χ0) is 21.2. The van der Waals surface area contributed by atoms with Crippen molar-refractivity contribution >= 4 is 22.8 Å². The molecule has 1 fully saturated rings. The van der Waals surface area contributed by atoms with Crippen molar-refractivity contribution in [2.24, 2.45) is 0 Å². The summed E-state index contributed by atoms with van der Waals surface area (Å²) in [5.74, 6) is -1.08. The first-order valence-electron chi connectivity index (χ1n) is 10.2. The molecule has 2 aromatic heterocycles. The maximum Gasteiger partial charge on any atom is 0.258 e. The Bertz CT molecular complexity index is 1250. The van der Waals surface area contributed by atoms with Gasteiger partial charge in [0, 0.05) is 17.9 Å². The number of hydrogen-bond acceptors (Lipinski definition) is 5. The highest BCUT2D eigenvalue weighted by Gasteiger charge is 2.20. The molecule has 0 saturated carbocycles. The van der Waals surface area contributed by atoms with Gasteiger partial charge < -0.3 is 10.1 Å². The van der Waals surface area contributed by atoms with Crippen LogP contribution in [0.15, 0.2) is 61.2 Å². The van der Waals surface area contributed by atoms with Crippen molar-refractivity contribution in [1.82, 2.24) is 19.5 Å². The molecule has 1 saturated heterocycles. The Labute approximate surface area is 177 Å². The highest BCUT2D eigenvalue weighted by atomic mass is 19.1. The van der Waals surface area contributed by atoms with E-state index in [1.165, 1.54) is 18.5 Å². The number of ether oxygens (including phenoxy) is 1. The number of rotatable bonds is 4. The van der Waals surface area contributed by atoms with Gasteiger partial charge in [-0.15, -0.1) is 0 Å². The minimum absolute atomic E-state index is 0.0106. The van der Waals surface area contributed by atoms with Gasteiger partial charge in [-0.3, -0.25) is 9.36 Å². The Kier molecular flexibility index (Phi) is 5.13. The van der Waals surface area contributed by atoms with Crippen LogP contribution in [0.5, 0.6) is 0 Å². The molecule has 1 unspecified atom stereocenters. The molecular weight excluding hydrogens is 397 g/mol. The second-order valence-electron chi connectivity index (χ2n) is 7.38. The van der Waals surface area contributed by atoms with Gasteiger partial charge in [0.05, 0.1) is 11.9 Å². The molecule has 2 aromatic carbocycles. The molecule has 3 heterocycles. The highest BCUT2D eigenvalue weighted by Crippen LogP contribution is 2.30. The number of benzene rings is 2. The van der Waals surface area contributed by atoms with E-state index in [2.05, 4.69) is 20.3 Å². The molecule has 156 valence electrons. The lowest BCUT2D eigenvalue weighted by Crippen LogP contribution is -2.17. The van der Waals surface area contributed by atoms with Gasteiger partial charge in [0.15, 0.2) is 5.65 Å². The summed E-state index contributed by atoms with van der Waals surface area (Å²) in [6.45, 7) is 0.728. The molecule has 7 nitrogen and oxygen atoms in total. The molecule has 0 radical (unpaired) electrons. The van der Waals surface area contributed by atoms with Gasteiger partial charge in [-0.05, 0) is 43.5 Å². The van der Waals surface area contributed by atoms with Crippen molar-refractivity contribution in [3.05, 3.63) is 72.6 Å². The van der Waals surface area contributed by atoms with Gasteiger partial charge in [0.25, 0.3) is 5.91 Å². The van der Waals surface area contributed by atoms with Crippen LogP contribution in [0.4, 0.5) is 10.1 Å². The molecule has 0 aliphatic carbocycles. The maximum absolute atomic E-state index is 13.9. The Morgan fingerprint density at radius 2 is 2.00 bits per heavy atom. The van der Waals surface area contributed by atoms with Crippen molar-refractivity contribution < 1.29 is 13.9 Å². The number of carbonyl (C=O) groups is 1. The molecule has 1 N–H and O–H groups in total. The van der Waals surface area contributed by atoms with Crippen LogP contribution in [0.3, 0.4) is 0 Å². The van der Waals surface area contributed by atoms with Gasteiger partial charge >= 0.3 is 0 Å². The Hall–Kier alpha value is -3.65. The molecule has 0 bridgehead atoms. The summed E-state index contributed by atoms with van der Waals surface area (Å²) in [6.07, 6.45) is 6.25. The average Bonchev–Trinajstić information content (AvgIpc) is 3.24. The lowest BCUT2D eigenvalue weighted by molar-refractivity contribution is -0.0298. The number of imidazole rings is 1. The largest absolute Gasteiger partial charge is 0.358 e. The summed E-state index contributed by atoms with van der Waals surface area (Å²) in [4.78, 5) is 25.9. The number of amides is 1. The molecule has 1 atom stereocenters. The quantitative estimate of drug-likeness (QED) is 0.525. The van der Waals surface area contributed by atoms with Crippen molar-refractivity contribution in [3.63, 3.8) is 0 Å². The second kappa shape index (κ2) is 8.23. The number of hydrogen-bond donors (Lipinski definition) is 1. The van der Waals surface area contributed by atoms with E-state index in [-0.39, 0.29) is 11.8 Å². The SMILES string of the molecule is O=C(Nc1cccc(-c2ncnc3c2ncn3C2CCCCO2)c1)c1ccccc1F. The van der Waals surface area contributed by atoms with E-state index < -0.39 is 11.7 Å². The van der Waals surface area contributed by atoms with Crippen LogP contribution >= 0.6 is 0 Å². The fourth-order valence-electron chi connectivity index (χ4n) is 3.81. The molecule has 1 aliphatic heterocycles. The predicted octanol–water partition coefficient (Wildman–Crippen LogP) is 4.58. The first-order valence-corrected chi connectivity index (χ1v) is 10.2. The molecule has 4 aromatic rings. The van der Waals surface area contributed by atoms with Crippen LogP contribution in [0.25, 0.3) is 22.4 Å². The van der Waals surface area contributed by atoms with Crippen LogP contribution in [-0.4, -0.2) is 32.0 Å². The third-order valence-electron chi connectivity index (χ3n) is 5.34. The smallest absolute Gasteiger partial charge is 0.258 e. The van der Waals surface area contributed by atoms with Crippen molar-refractivity contribution in [3.8, 4) is 11.3 Å². The predicted molar refractivity (Wildman–Crippen MR) is 114 cm³/mol. The number of nitrogens with one attached hydrogen (secondary N) is 1. The van der Waals surface area contributed by atoms with E-state index in [1.807, 2.05) is 16.7 Å². The minimum atomic E-state index is -0.566. The fraction of sp³-hybridized carbons (Fsp3) is 0.217. The average molecular weight is 417 g/mol. The van der Waals surface area contributed by atoms with Crippen LogP contribution in [0, 0.1) is 5.82 Å². The van der Waals surface area contributed by atoms with Gasteiger partial charge in [-0.1, -0.05) is 24.3 Å². The molecule has 31 heavy (non-hydrogen) atoms. The number of anilines is 1. The Morgan fingerprint density at radius 3 is 2.84 bits per heavy atom. The van der Waals surface area contributed by atoms with Gasteiger partial charge in [-0.2, -0.15) is 0 Å². The molecule has 1 aliphatic rings. The summed E-state index contributed by atoms with van der Waals surface area (Å²) in [6, 6.07) is 13.1. The topological polar surface area (TPSA) is 81.9 Å². The van der Waals surface area contributed by atoms with Crippen molar-refractivity contribution in [2.45, 2.75) is 25.5 Å². The Morgan fingerprint density at radius 1 is 1.10 bits per heavy atom. The molecule has 8 heteroatoms. The fourth-order valence-corrected chi connectivity index (χ4v) is 3.81. The van der Waals surface area contributed by atoms with E-state index in [4.69, 9.17) is 4.74 Å². The maximum atomic E-state index is 13.9. The first-order chi connectivity index (χ1) is 15.2. The van der Waals surface area contributed by atoms with Gasteiger partial charge in [-0.25, -0.2) is 19.3 Å². The molecular formula is C23H20FN5O2. The van der Waals surface area contributed by atoms with E-state index in [1.54, 1.807) is 30.6 Å². The van der Waals surface area contributed by atoms with Crippen LogP contribution < -0.4 is 5.32 Å². The highest BCUT2D eigenvalue weighted by molar-refractivity contribution is 6.04. The normalized spacial score (nSPS) is 16.4. The second-order valence-corrected chi connectivity index (χ2v) is 7.38. The summed E-state index contributed by atoms with van der Waals surface area (Å²) in [5, 5.41) is 2.75. The summed E-state index contributed by atoms with van der Waals surface area (Å²) in [7, 11) is 0.